The molecule has 0 amide bonds. The smallest absolute Gasteiger partial charge is 0.122 e. The second kappa shape index (κ2) is 7.28. The van der Waals surface area contributed by atoms with Crippen molar-refractivity contribution in [2.24, 2.45) is 5.73 Å². The van der Waals surface area contributed by atoms with Gasteiger partial charge in [-0.2, -0.15) is 0 Å². The van der Waals surface area contributed by atoms with Crippen LogP contribution in [0, 0.1) is 6.92 Å². The normalized spacial score (nSPS) is 10.2. The Bertz CT molecular complexity index is 376. The molecule has 2 N–H and O–H groups in total. The highest BCUT2D eigenvalue weighted by molar-refractivity contribution is 7.80. The summed E-state index contributed by atoms with van der Waals surface area (Å²) >= 11 is 4.96. The van der Waals surface area contributed by atoms with Gasteiger partial charge in [-0.25, -0.2) is 0 Å². The first-order chi connectivity index (χ1) is 8.15. The molecule has 0 saturated carbocycles. The van der Waals surface area contributed by atoms with Crippen molar-refractivity contribution in [1.82, 2.24) is 0 Å². The summed E-state index contributed by atoms with van der Waals surface area (Å²) in [5.41, 5.74) is 7.60. The number of hydrogen-bond donors (Lipinski definition) is 1. The van der Waals surface area contributed by atoms with Gasteiger partial charge in [0.25, 0.3) is 0 Å². The molecule has 0 saturated heterocycles. The third kappa shape index (κ3) is 4.73. The van der Waals surface area contributed by atoms with E-state index in [-0.39, 0.29) is 0 Å². The largest absolute Gasteiger partial charge is 0.493 e. The van der Waals surface area contributed by atoms with Crippen LogP contribution in [0.5, 0.6) is 5.75 Å². The minimum absolute atomic E-state index is 0.417. The summed E-state index contributed by atoms with van der Waals surface area (Å²) in [6, 6.07) is 5.86. The monoisotopic (exact) mass is 251 g/mol. The standard InChI is InChI=1S/C14H21NOS/c1-3-4-5-6-9-16-13-10-12(14(15)17)8-7-11(13)2/h7-8,10H,3-6,9H2,1-2H3,(H2,15,17). The Morgan fingerprint density at radius 2 is 2.06 bits per heavy atom. The summed E-state index contributed by atoms with van der Waals surface area (Å²) in [6.45, 7) is 5.00. The molecule has 0 heterocycles. The molecule has 0 unspecified atom stereocenters. The number of unbranched alkanes of at least 4 members (excludes halogenated alkanes) is 3. The van der Waals surface area contributed by atoms with Crippen LogP contribution in [-0.2, 0) is 0 Å². The number of rotatable bonds is 7. The van der Waals surface area contributed by atoms with Crippen molar-refractivity contribution in [3.8, 4) is 5.75 Å². The highest BCUT2D eigenvalue weighted by Crippen LogP contribution is 2.20. The molecular weight excluding hydrogens is 230 g/mol. The molecule has 1 aromatic rings. The lowest BCUT2D eigenvalue weighted by Gasteiger charge is -2.10. The predicted octanol–water partition coefficient (Wildman–Crippen LogP) is 3.59. The maximum absolute atomic E-state index is 5.76. The zero-order valence-electron chi connectivity index (χ0n) is 10.7. The fourth-order valence-corrected chi connectivity index (χ4v) is 1.75. The van der Waals surface area contributed by atoms with Crippen LogP contribution in [0.25, 0.3) is 0 Å². The summed E-state index contributed by atoms with van der Waals surface area (Å²) in [7, 11) is 0. The van der Waals surface area contributed by atoms with Gasteiger partial charge in [-0.15, -0.1) is 0 Å². The van der Waals surface area contributed by atoms with Gasteiger partial charge in [-0.3, -0.25) is 0 Å². The van der Waals surface area contributed by atoms with Crippen molar-refractivity contribution in [1.29, 1.82) is 0 Å². The number of nitrogens with two attached hydrogens (primary N) is 1. The molecule has 94 valence electrons. The van der Waals surface area contributed by atoms with Crippen molar-refractivity contribution in [3.05, 3.63) is 29.3 Å². The van der Waals surface area contributed by atoms with Crippen LogP contribution in [0.2, 0.25) is 0 Å². The van der Waals surface area contributed by atoms with E-state index in [2.05, 4.69) is 6.92 Å². The van der Waals surface area contributed by atoms with E-state index in [1.165, 1.54) is 19.3 Å². The average Bonchev–Trinajstić information content (AvgIpc) is 2.30. The lowest BCUT2D eigenvalue weighted by molar-refractivity contribution is 0.303. The number of benzene rings is 1. The van der Waals surface area contributed by atoms with Crippen LogP contribution in [0.15, 0.2) is 18.2 Å². The van der Waals surface area contributed by atoms with Crippen molar-refractivity contribution in [2.45, 2.75) is 39.5 Å². The average molecular weight is 251 g/mol. The van der Waals surface area contributed by atoms with Crippen LogP contribution >= 0.6 is 12.2 Å². The molecule has 1 rings (SSSR count). The minimum Gasteiger partial charge on any atom is -0.493 e. The van der Waals surface area contributed by atoms with E-state index >= 15 is 0 Å². The Labute approximate surface area is 109 Å². The predicted molar refractivity (Wildman–Crippen MR) is 76.7 cm³/mol. The first kappa shape index (κ1) is 14.0. The molecule has 0 aliphatic rings. The highest BCUT2D eigenvalue weighted by Gasteiger charge is 2.03. The molecule has 1 aromatic carbocycles. The molecule has 17 heavy (non-hydrogen) atoms. The van der Waals surface area contributed by atoms with Gasteiger partial charge >= 0.3 is 0 Å². The van der Waals surface area contributed by atoms with E-state index < -0.39 is 0 Å². The van der Waals surface area contributed by atoms with Crippen molar-refractivity contribution in [2.75, 3.05) is 6.61 Å². The van der Waals surface area contributed by atoms with Crippen LogP contribution in [0.1, 0.15) is 43.7 Å². The lowest BCUT2D eigenvalue weighted by atomic mass is 10.1. The van der Waals surface area contributed by atoms with E-state index in [0.717, 1.165) is 29.9 Å². The van der Waals surface area contributed by atoms with E-state index in [1.807, 2.05) is 25.1 Å². The second-order valence-corrected chi connectivity index (χ2v) is 4.69. The maximum Gasteiger partial charge on any atom is 0.122 e. The van der Waals surface area contributed by atoms with Gasteiger partial charge in [0.05, 0.1) is 6.61 Å². The molecule has 0 bridgehead atoms. The molecule has 2 nitrogen and oxygen atoms in total. The molecule has 0 fully saturated rings. The number of aryl methyl sites for hydroxylation is 1. The Morgan fingerprint density at radius 3 is 2.71 bits per heavy atom. The fraction of sp³-hybridized carbons (Fsp3) is 0.500. The molecule has 0 atom stereocenters. The van der Waals surface area contributed by atoms with Gasteiger partial charge in [0.15, 0.2) is 0 Å². The summed E-state index contributed by atoms with van der Waals surface area (Å²) in [4.78, 5) is 0.417. The molecule has 0 aliphatic heterocycles. The summed E-state index contributed by atoms with van der Waals surface area (Å²) in [6.07, 6.45) is 4.85. The van der Waals surface area contributed by atoms with Gasteiger partial charge in [-0.1, -0.05) is 50.5 Å². The van der Waals surface area contributed by atoms with E-state index in [1.54, 1.807) is 0 Å². The maximum atomic E-state index is 5.76. The quantitative estimate of drug-likeness (QED) is 0.594. The number of thiocarbonyl (C=S) groups is 1. The van der Waals surface area contributed by atoms with Crippen LogP contribution in [0.3, 0.4) is 0 Å². The van der Waals surface area contributed by atoms with Gasteiger partial charge in [0.1, 0.15) is 10.7 Å². The first-order valence-corrected chi connectivity index (χ1v) is 6.59. The van der Waals surface area contributed by atoms with Crippen molar-refractivity contribution in [3.63, 3.8) is 0 Å². The topological polar surface area (TPSA) is 35.2 Å². The zero-order valence-corrected chi connectivity index (χ0v) is 11.5. The Kier molecular flexibility index (Phi) is 5.98. The summed E-state index contributed by atoms with van der Waals surface area (Å²) < 4.78 is 5.76. The fourth-order valence-electron chi connectivity index (χ4n) is 1.62. The Morgan fingerprint density at radius 1 is 1.29 bits per heavy atom. The Hall–Kier alpha value is -1.09. The SMILES string of the molecule is CCCCCCOc1cc(C(N)=S)ccc1C. The third-order valence-electron chi connectivity index (χ3n) is 2.73. The molecular formula is C14H21NOS. The van der Waals surface area contributed by atoms with Gasteiger partial charge in [-0.05, 0) is 25.0 Å². The van der Waals surface area contributed by atoms with Crippen LogP contribution in [-0.4, -0.2) is 11.6 Å². The lowest BCUT2D eigenvalue weighted by Crippen LogP contribution is -2.10. The molecule has 0 radical (unpaired) electrons. The minimum atomic E-state index is 0.417. The van der Waals surface area contributed by atoms with E-state index in [9.17, 15) is 0 Å². The van der Waals surface area contributed by atoms with E-state index in [0.29, 0.717) is 4.99 Å². The third-order valence-corrected chi connectivity index (χ3v) is 2.96. The second-order valence-electron chi connectivity index (χ2n) is 4.25. The van der Waals surface area contributed by atoms with Crippen molar-refractivity contribution >= 4 is 17.2 Å². The molecule has 0 spiro atoms. The molecule has 3 heteroatoms. The summed E-state index contributed by atoms with van der Waals surface area (Å²) in [5.74, 6) is 0.895. The molecule has 0 aliphatic carbocycles. The van der Waals surface area contributed by atoms with Gasteiger partial charge in [0, 0.05) is 5.56 Å². The van der Waals surface area contributed by atoms with Gasteiger partial charge in [0.2, 0.25) is 0 Å². The molecule has 0 aromatic heterocycles. The van der Waals surface area contributed by atoms with Gasteiger partial charge < -0.3 is 10.5 Å². The first-order valence-electron chi connectivity index (χ1n) is 6.18. The highest BCUT2D eigenvalue weighted by atomic mass is 32.1. The van der Waals surface area contributed by atoms with Crippen LogP contribution < -0.4 is 10.5 Å². The van der Waals surface area contributed by atoms with E-state index in [4.69, 9.17) is 22.7 Å². The number of ether oxygens (including phenoxy) is 1. The Balaban J connectivity index is 2.51. The zero-order chi connectivity index (χ0) is 12.7. The summed E-state index contributed by atoms with van der Waals surface area (Å²) in [5, 5.41) is 0. The van der Waals surface area contributed by atoms with Crippen LogP contribution in [0.4, 0.5) is 0 Å². The number of hydrogen-bond acceptors (Lipinski definition) is 2. The van der Waals surface area contributed by atoms with Crippen molar-refractivity contribution < 1.29 is 4.74 Å².